The number of hydrogen-bond acceptors (Lipinski definition) is 2. The zero-order valence-corrected chi connectivity index (χ0v) is 13.9. The Morgan fingerprint density at radius 2 is 1.29 bits per heavy atom. The Labute approximate surface area is 138 Å². The lowest BCUT2D eigenvalue weighted by Gasteiger charge is -2.27. The molecule has 0 aliphatic carbocycles. The molecule has 0 saturated carbocycles. The van der Waals surface area contributed by atoms with E-state index < -0.39 is 17.3 Å². The summed E-state index contributed by atoms with van der Waals surface area (Å²) in [5.74, 6) is 0. The van der Waals surface area contributed by atoms with Gasteiger partial charge in [0.2, 0.25) is 11.1 Å². The van der Waals surface area contributed by atoms with Crippen molar-refractivity contribution in [3.63, 3.8) is 0 Å². The number of hydrogen-bond donors (Lipinski definition) is 2. The lowest BCUT2D eigenvalue weighted by Crippen LogP contribution is -2.42. The van der Waals surface area contributed by atoms with Crippen LogP contribution in [0.1, 0.15) is 0 Å². The molecular formula is C14H13Cl3NO2P. The minimum absolute atomic E-state index is 0.518. The number of alkyl halides is 3. The number of halogens is 3. The maximum absolute atomic E-state index is 13.4. The van der Waals surface area contributed by atoms with Crippen molar-refractivity contribution < 1.29 is 9.67 Å². The molecule has 0 heterocycles. The van der Waals surface area contributed by atoms with Gasteiger partial charge in [-0.15, -0.1) is 0 Å². The fraction of sp³-hybridized carbons (Fsp3) is 0.143. The van der Waals surface area contributed by atoms with Crippen molar-refractivity contribution in [2.24, 2.45) is 0 Å². The van der Waals surface area contributed by atoms with Crippen LogP contribution >= 0.6 is 42.1 Å². The third-order valence-corrected chi connectivity index (χ3v) is 6.13. The molecule has 2 N–H and O–H groups in total. The van der Waals surface area contributed by atoms with Crippen LogP contribution in [0.25, 0.3) is 0 Å². The molecule has 0 aliphatic heterocycles. The topological polar surface area (TPSA) is 49.3 Å². The molecular weight excluding hydrogens is 351 g/mol. The molecule has 0 bridgehead atoms. The summed E-state index contributed by atoms with van der Waals surface area (Å²) in [6.45, 7) is 0. The molecule has 0 aromatic heterocycles. The van der Waals surface area contributed by atoms with Crippen LogP contribution in [-0.4, -0.2) is 15.1 Å². The Hall–Kier alpha value is -0.540. The van der Waals surface area contributed by atoms with Crippen LogP contribution in [-0.2, 0) is 4.57 Å². The molecule has 2 aromatic rings. The van der Waals surface area contributed by atoms with Gasteiger partial charge >= 0.3 is 0 Å². The molecule has 0 radical (unpaired) electrons. The Bertz CT molecular complexity index is 588. The molecule has 112 valence electrons. The van der Waals surface area contributed by atoms with E-state index in [-0.39, 0.29) is 0 Å². The van der Waals surface area contributed by atoms with Gasteiger partial charge in [0, 0.05) is 10.6 Å². The van der Waals surface area contributed by atoms with E-state index >= 15 is 0 Å². The molecule has 2 aromatic carbocycles. The van der Waals surface area contributed by atoms with Crippen LogP contribution in [0.2, 0.25) is 0 Å². The summed E-state index contributed by atoms with van der Waals surface area (Å²) in [7, 11) is -3.33. The SMILES string of the molecule is O=P(N[C@@H](O)C(Cl)(Cl)Cl)(c1ccccc1)c1ccccc1. The predicted molar refractivity (Wildman–Crippen MR) is 89.2 cm³/mol. The fourth-order valence-electron chi connectivity index (χ4n) is 1.82. The lowest BCUT2D eigenvalue weighted by atomic mass is 10.4. The molecule has 0 saturated heterocycles. The zero-order chi connectivity index (χ0) is 15.5. The monoisotopic (exact) mass is 363 g/mol. The number of benzene rings is 2. The minimum atomic E-state index is -3.33. The van der Waals surface area contributed by atoms with Crippen molar-refractivity contribution >= 4 is 52.7 Å². The van der Waals surface area contributed by atoms with Crippen molar-refractivity contribution in [2.75, 3.05) is 0 Å². The Kier molecular flexibility index (Phi) is 5.37. The average molecular weight is 365 g/mol. The van der Waals surface area contributed by atoms with Crippen molar-refractivity contribution in [1.82, 2.24) is 5.09 Å². The Balaban J connectivity index is 2.48. The van der Waals surface area contributed by atoms with Gasteiger partial charge in [-0.2, -0.15) is 0 Å². The van der Waals surface area contributed by atoms with Gasteiger partial charge in [0.25, 0.3) is 0 Å². The van der Waals surface area contributed by atoms with Crippen molar-refractivity contribution in [3.8, 4) is 0 Å². The van der Waals surface area contributed by atoms with Crippen molar-refractivity contribution in [1.29, 1.82) is 0 Å². The highest BCUT2D eigenvalue weighted by molar-refractivity contribution is 7.76. The number of aliphatic hydroxyl groups excluding tert-OH is 1. The smallest absolute Gasteiger partial charge is 0.229 e. The molecule has 3 nitrogen and oxygen atoms in total. The van der Waals surface area contributed by atoms with E-state index in [2.05, 4.69) is 5.09 Å². The normalized spacial score (nSPS) is 13.9. The van der Waals surface area contributed by atoms with Crippen molar-refractivity contribution in [2.45, 2.75) is 10.0 Å². The van der Waals surface area contributed by atoms with Gasteiger partial charge in [0.05, 0.1) is 0 Å². The summed E-state index contributed by atoms with van der Waals surface area (Å²) in [4.78, 5) is 0. The van der Waals surface area contributed by atoms with Crippen LogP contribution in [0.3, 0.4) is 0 Å². The third kappa shape index (κ3) is 4.01. The third-order valence-electron chi connectivity index (χ3n) is 2.85. The predicted octanol–water partition coefficient (Wildman–Crippen LogP) is 3.19. The molecule has 2 rings (SSSR count). The number of rotatable bonds is 4. The number of nitrogens with one attached hydrogen (secondary N) is 1. The first-order chi connectivity index (χ1) is 9.84. The van der Waals surface area contributed by atoms with Gasteiger partial charge in [-0.3, -0.25) is 4.57 Å². The molecule has 7 heteroatoms. The highest BCUT2D eigenvalue weighted by atomic mass is 35.6. The first-order valence-corrected chi connectivity index (χ1v) is 8.92. The number of aliphatic hydroxyl groups is 1. The van der Waals surface area contributed by atoms with Crippen LogP contribution < -0.4 is 15.7 Å². The largest absolute Gasteiger partial charge is 0.374 e. The van der Waals surface area contributed by atoms with Crippen LogP contribution in [0.5, 0.6) is 0 Å². The van der Waals surface area contributed by atoms with E-state index in [4.69, 9.17) is 34.8 Å². The molecule has 1 atom stereocenters. The maximum atomic E-state index is 13.4. The fourth-order valence-corrected chi connectivity index (χ4v) is 4.53. The lowest BCUT2D eigenvalue weighted by molar-refractivity contribution is 0.168. The van der Waals surface area contributed by atoms with Gasteiger partial charge in [-0.25, -0.2) is 5.09 Å². The summed E-state index contributed by atoms with van der Waals surface area (Å²) in [5, 5.41) is 13.6. The Morgan fingerprint density at radius 1 is 0.905 bits per heavy atom. The van der Waals surface area contributed by atoms with Crippen LogP contribution in [0, 0.1) is 0 Å². The minimum Gasteiger partial charge on any atom is -0.374 e. The summed E-state index contributed by atoms with van der Waals surface area (Å²) in [5.41, 5.74) is 0. The Morgan fingerprint density at radius 3 is 1.62 bits per heavy atom. The first-order valence-electron chi connectivity index (χ1n) is 6.08. The van der Waals surface area contributed by atoms with E-state index in [1.165, 1.54) is 0 Å². The molecule has 21 heavy (non-hydrogen) atoms. The first kappa shape index (κ1) is 16.8. The summed E-state index contributed by atoms with van der Waals surface area (Å²) in [6, 6.07) is 17.5. The second kappa shape index (κ2) is 6.70. The molecule has 0 amide bonds. The summed E-state index contributed by atoms with van der Waals surface area (Å²) in [6.07, 6.45) is -1.58. The highest BCUT2D eigenvalue weighted by Crippen LogP contribution is 2.42. The average Bonchev–Trinajstić information content (AvgIpc) is 2.48. The van der Waals surface area contributed by atoms with Crippen molar-refractivity contribution in [3.05, 3.63) is 60.7 Å². The maximum Gasteiger partial charge on any atom is 0.229 e. The summed E-state index contributed by atoms with van der Waals surface area (Å²) >= 11 is 17.0. The quantitative estimate of drug-likeness (QED) is 0.498. The van der Waals surface area contributed by atoms with Gasteiger partial charge < -0.3 is 5.11 Å². The molecule has 0 spiro atoms. The van der Waals surface area contributed by atoms with E-state index in [1.54, 1.807) is 48.5 Å². The second-order valence-electron chi connectivity index (χ2n) is 4.35. The summed E-state index contributed by atoms with van der Waals surface area (Å²) < 4.78 is 11.4. The van der Waals surface area contributed by atoms with Crippen LogP contribution in [0.4, 0.5) is 0 Å². The zero-order valence-electron chi connectivity index (χ0n) is 10.8. The molecule has 0 aliphatic rings. The van der Waals surface area contributed by atoms with Gasteiger partial charge in [-0.05, 0) is 24.3 Å². The second-order valence-corrected chi connectivity index (χ2v) is 9.23. The van der Waals surface area contributed by atoms with Gasteiger partial charge in [-0.1, -0.05) is 71.2 Å². The molecule has 0 fully saturated rings. The van der Waals surface area contributed by atoms with E-state index in [9.17, 15) is 9.67 Å². The van der Waals surface area contributed by atoms with Gasteiger partial charge in [0.1, 0.15) is 0 Å². The van der Waals surface area contributed by atoms with Crippen LogP contribution in [0.15, 0.2) is 60.7 Å². The van der Waals surface area contributed by atoms with E-state index in [0.29, 0.717) is 10.6 Å². The molecule has 0 unspecified atom stereocenters. The van der Waals surface area contributed by atoms with E-state index in [1.807, 2.05) is 12.1 Å². The standard InChI is InChI=1S/C14H13Cl3NO2P/c15-14(16,17)13(19)18-21(20,11-7-3-1-4-8-11)12-9-5-2-6-10-12/h1-10,13,19H,(H,18,20)/t13-/m0/s1. The highest BCUT2D eigenvalue weighted by Gasteiger charge is 2.38. The van der Waals surface area contributed by atoms with Gasteiger partial charge in [0.15, 0.2) is 6.23 Å². The van der Waals surface area contributed by atoms with E-state index in [0.717, 1.165) is 0 Å².